The number of esters is 1. The number of nitrogens with one attached hydrogen (secondary N) is 1. The number of methoxy groups -OCH3 is 1. The van der Waals surface area contributed by atoms with E-state index in [9.17, 15) is 14.4 Å². The molecule has 7 nitrogen and oxygen atoms in total. The molecule has 0 atom stereocenters. The fraction of sp³-hybridized carbons (Fsp3) is 0.0526. The summed E-state index contributed by atoms with van der Waals surface area (Å²) >= 11 is 6.27. The van der Waals surface area contributed by atoms with Gasteiger partial charge in [0, 0.05) is 0 Å². The number of halogens is 1. The van der Waals surface area contributed by atoms with Crippen LogP contribution in [0.4, 0.5) is 0 Å². The molecule has 0 fully saturated rings. The van der Waals surface area contributed by atoms with E-state index in [0.29, 0.717) is 16.5 Å². The van der Waals surface area contributed by atoms with Crippen LogP contribution in [0.1, 0.15) is 32.1 Å². The Bertz CT molecular complexity index is 1130. The highest BCUT2D eigenvalue weighted by molar-refractivity contribution is 6.50. The Balaban J connectivity index is 2.03. The summed E-state index contributed by atoms with van der Waals surface area (Å²) in [5.41, 5.74) is 0.939. The summed E-state index contributed by atoms with van der Waals surface area (Å²) in [6.07, 6.45) is 1.54. The second-order valence-electron chi connectivity index (χ2n) is 5.56. The number of benzene rings is 2. The van der Waals surface area contributed by atoms with Crippen molar-refractivity contribution in [1.82, 2.24) is 9.97 Å². The highest BCUT2D eigenvalue weighted by atomic mass is 35.5. The van der Waals surface area contributed by atoms with Crippen LogP contribution < -0.4 is 5.56 Å². The molecule has 136 valence electrons. The number of aromatic carboxylic acids is 1. The third-order valence-corrected chi connectivity index (χ3v) is 4.09. The summed E-state index contributed by atoms with van der Waals surface area (Å²) in [6, 6.07) is 10.5. The molecule has 0 aliphatic carbocycles. The van der Waals surface area contributed by atoms with Gasteiger partial charge in [0.2, 0.25) is 0 Å². The molecule has 0 amide bonds. The van der Waals surface area contributed by atoms with Gasteiger partial charge in [-0.3, -0.25) is 4.79 Å². The van der Waals surface area contributed by atoms with E-state index in [2.05, 4.69) is 14.7 Å². The summed E-state index contributed by atoms with van der Waals surface area (Å²) < 4.78 is 4.67. The molecule has 0 bridgehead atoms. The number of carboxylic acids is 1. The first-order valence-electron chi connectivity index (χ1n) is 7.72. The topological polar surface area (TPSA) is 109 Å². The van der Waals surface area contributed by atoms with E-state index in [4.69, 9.17) is 16.7 Å². The molecule has 0 spiro atoms. The van der Waals surface area contributed by atoms with Crippen molar-refractivity contribution in [3.63, 3.8) is 0 Å². The lowest BCUT2D eigenvalue weighted by molar-refractivity contribution is 0.0600. The quantitative estimate of drug-likeness (QED) is 0.669. The lowest BCUT2D eigenvalue weighted by Gasteiger charge is -2.04. The number of carbonyl (C=O) groups excluding carboxylic acids is 1. The van der Waals surface area contributed by atoms with Crippen molar-refractivity contribution < 1.29 is 19.4 Å². The smallest absolute Gasteiger partial charge is 0.337 e. The molecule has 2 aromatic carbocycles. The van der Waals surface area contributed by atoms with E-state index < -0.39 is 17.5 Å². The Morgan fingerprint density at radius 3 is 2.44 bits per heavy atom. The van der Waals surface area contributed by atoms with Gasteiger partial charge in [-0.15, -0.1) is 0 Å². The number of carboxylic acid groups (broad SMARTS) is 1. The number of hydrogen-bond donors (Lipinski definition) is 2. The van der Waals surface area contributed by atoms with Crippen molar-refractivity contribution in [3.8, 4) is 0 Å². The predicted molar refractivity (Wildman–Crippen MR) is 101 cm³/mol. The van der Waals surface area contributed by atoms with Crippen molar-refractivity contribution >= 4 is 45.6 Å². The van der Waals surface area contributed by atoms with Crippen LogP contribution in [-0.4, -0.2) is 34.1 Å². The zero-order valence-electron chi connectivity index (χ0n) is 14.0. The van der Waals surface area contributed by atoms with Gasteiger partial charge in [-0.2, -0.15) is 0 Å². The maximum Gasteiger partial charge on any atom is 0.337 e. The van der Waals surface area contributed by atoms with Crippen LogP contribution in [0.15, 0.2) is 47.3 Å². The monoisotopic (exact) mass is 384 g/mol. The molecule has 0 saturated heterocycles. The Labute approximate surface area is 157 Å². The zero-order valence-corrected chi connectivity index (χ0v) is 14.8. The molecule has 1 heterocycles. The number of aromatic nitrogens is 2. The number of hydrogen-bond acceptors (Lipinski definition) is 5. The highest BCUT2D eigenvalue weighted by Gasteiger charge is 2.11. The van der Waals surface area contributed by atoms with Crippen LogP contribution in [0.2, 0.25) is 0 Å². The number of carbonyl (C=O) groups is 2. The summed E-state index contributed by atoms with van der Waals surface area (Å²) in [5, 5.41) is 9.38. The molecule has 0 radical (unpaired) electrons. The maximum atomic E-state index is 12.3. The summed E-state index contributed by atoms with van der Waals surface area (Å²) in [5.74, 6) is -1.45. The molecule has 0 saturated carbocycles. The van der Waals surface area contributed by atoms with Gasteiger partial charge in [-0.25, -0.2) is 14.6 Å². The van der Waals surface area contributed by atoms with Crippen LogP contribution in [0.3, 0.4) is 0 Å². The molecule has 2 N–H and O–H groups in total. The maximum absolute atomic E-state index is 12.3. The number of ether oxygens (including phenoxy) is 1. The molecule has 0 unspecified atom stereocenters. The lowest BCUT2D eigenvalue weighted by atomic mass is 10.1. The molecule has 0 aliphatic rings. The first-order valence-corrected chi connectivity index (χ1v) is 8.10. The van der Waals surface area contributed by atoms with Crippen molar-refractivity contribution in [1.29, 1.82) is 0 Å². The van der Waals surface area contributed by atoms with Crippen LogP contribution in [0.5, 0.6) is 0 Å². The molecule has 3 aromatic rings. The molecule has 0 aliphatic heterocycles. The third kappa shape index (κ3) is 3.88. The van der Waals surface area contributed by atoms with Gasteiger partial charge in [0.1, 0.15) is 0 Å². The lowest BCUT2D eigenvalue weighted by Crippen LogP contribution is -2.11. The third-order valence-electron chi connectivity index (χ3n) is 3.80. The number of nitrogens with zero attached hydrogens (tertiary/aromatic N) is 1. The number of rotatable bonds is 4. The summed E-state index contributed by atoms with van der Waals surface area (Å²) in [7, 11) is 1.26. The van der Waals surface area contributed by atoms with Gasteiger partial charge in [-0.05, 0) is 42.0 Å². The Morgan fingerprint density at radius 2 is 1.81 bits per heavy atom. The van der Waals surface area contributed by atoms with Gasteiger partial charge in [-0.1, -0.05) is 23.7 Å². The predicted octanol–water partition coefficient (Wildman–Crippen LogP) is 3.14. The van der Waals surface area contributed by atoms with E-state index in [-0.39, 0.29) is 22.0 Å². The second-order valence-corrected chi connectivity index (χ2v) is 5.96. The average molecular weight is 385 g/mol. The molecular formula is C19H13ClN2O5. The first-order chi connectivity index (χ1) is 12.9. The summed E-state index contributed by atoms with van der Waals surface area (Å²) in [6.45, 7) is 0. The largest absolute Gasteiger partial charge is 0.478 e. The van der Waals surface area contributed by atoms with Crippen LogP contribution in [0, 0.1) is 0 Å². The van der Waals surface area contributed by atoms with E-state index in [1.807, 2.05) is 0 Å². The Morgan fingerprint density at radius 1 is 1.15 bits per heavy atom. The SMILES string of the molecule is COC(=O)c1ccc2c(=O)[nH]c(/C(Cl)=C\c3ccc(C(=O)O)cc3)nc2c1. The number of fused-ring (bicyclic) bond motifs is 1. The number of aromatic amines is 1. The fourth-order valence-corrected chi connectivity index (χ4v) is 2.65. The normalized spacial score (nSPS) is 11.4. The minimum atomic E-state index is -1.03. The molecule has 1 aromatic heterocycles. The van der Waals surface area contributed by atoms with Gasteiger partial charge < -0.3 is 14.8 Å². The highest BCUT2D eigenvalue weighted by Crippen LogP contribution is 2.21. The minimum Gasteiger partial charge on any atom is -0.478 e. The van der Waals surface area contributed by atoms with Crippen LogP contribution in [0.25, 0.3) is 22.0 Å². The van der Waals surface area contributed by atoms with E-state index in [1.165, 1.54) is 37.4 Å². The summed E-state index contributed by atoms with van der Waals surface area (Å²) in [4.78, 5) is 41.7. The standard InChI is InChI=1S/C19H13ClN2O5/c1-27-19(26)12-6-7-13-15(9-12)21-16(22-17(13)23)14(20)8-10-2-4-11(5-3-10)18(24)25/h2-9H,1H3,(H,24,25)(H,21,22,23)/b14-8+. The second kappa shape index (κ2) is 7.43. The van der Waals surface area contributed by atoms with Gasteiger partial charge >= 0.3 is 11.9 Å². The molecule has 27 heavy (non-hydrogen) atoms. The Kier molecular flexibility index (Phi) is 5.05. The van der Waals surface area contributed by atoms with Gasteiger partial charge in [0.15, 0.2) is 5.82 Å². The van der Waals surface area contributed by atoms with Gasteiger partial charge in [0.05, 0.1) is 34.2 Å². The average Bonchev–Trinajstić information content (AvgIpc) is 2.67. The van der Waals surface area contributed by atoms with Crippen LogP contribution in [-0.2, 0) is 4.74 Å². The number of H-pyrrole nitrogens is 1. The van der Waals surface area contributed by atoms with E-state index in [0.717, 1.165) is 0 Å². The Hall–Kier alpha value is -3.45. The fourth-order valence-electron chi connectivity index (χ4n) is 2.43. The van der Waals surface area contributed by atoms with Crippen LogP contribution >= 0.6 is 11.6 Å². The molecule has 3 rings (SSSR count). The van der Waals surface area contributed by atoms with E-state index >= 15 is 0 Å². The van der Waals surface area contributed by atoms with E-state index in [1.54, 1.807) is 18.2 Å². The first kappa shape index (κ1) is 18.3. The molecular weight excluding hydrogens is 372 g/mol. The molecule has 8 heteroatoms. The van der Waals surface area contributed by atoms with Crippen molar-refractivity contribution in [2.45, 2.75) is 0 Å². The van der Waals surface area contributed by atoms with Crippen molar-refractivity contribution in [2.75, 3.05) is 7.11 Å². The van der Waals surface area contributed by atoms with Crippen molar-refractivity contribution in [3.05, 3.63) is 75.3 Å². The minimum absolute atomic E-state index is 0.124. The van der Waals surface area contributed by atoms with Gasteiger partial charge in [0.25, 0.3) is 5.56 Å². The zero-order chi connectivity index (χ0) is 19.6. The van der Waals surface area contributed by atoms with Crippen molar-refractivity contribution in [2.24, 2.45) is 0 Å².